The van der Waals surface area contributed by atoms with Crippen LogP contribution in [0, 0.1) is 0 Å². The Bertz CT molecular complexity index is 402. The molecule has 80 valence electrons. The molecular formula is C13H17NO. The Hall–Kier alpha value is -1.02. The second-order valence-corrected chi connectivity index (χ2v) is 5.17. The van der Waals surface area contributed by atoms with Gasteiger partial charge in [-0.15, -0.1) is 0 Å². The molecule has 0 amide bonds. The van der Waals surface area contributed by atoms with E-state index in [-0.39, 0.29) is 5.41 Å². The molecule has 1 aliphatic heterocycles. The first-order chi connectivity index (χ1) is 7.19. The highest BCUT2D eigenvalue weighted by Crippen LogP contribution is 2.44. The summed E-state index contributed by atoms with van der Waals surface area (Å²) >= 11 is 0. The van der Waals surface area contributed by atoms with E-state index in [1.807, 2.05) is 12.1 Å². The van der Waals surface area contributed by atoms with Crippen LogP contribution in [0.1, 0.15) is 30.9 Å². The number of benzene rings is 1. The zero-order valence-corrected chi connectivity index (χ0v) is 9.09. The largest absolute Gasteiger partial charge is 0.508 e. The fourth-order valence-corrected chi connectivity index (χ4v) is 3.26. The molecule has 2 bridgehead atoms. The molecule has 0 unspecified atom stereocenters. The van der Waals surface area contributed by atoms with Crippen LogP contribution in [0.2, 0.25) is 0 Å². The summed E-state index contributed by atoms with van der Waals surface area (Å²) < 4.78 is 0. The van der Waals surface area contributed by atoms with E-state index in [4.69, 9.17) is 0 Å². The van der Waals surface area contributed by atoms with Crippen LogP contribution >= 0.6 is 0 Å². The van der Waals surface area contributed by atoms with E-state index < -0.39 is 0 Å². The van der Waals surface area contributed by atoms with Crippen LogP contribution < -0.4 is 5.32 Å². The van der Waals surface area contributed by atoms with Crippen molar-refractivity contribution in [3.8, 4) is 5.75 Å². The van der Waals surface area contributed by atoms with Gasteiger partial charge in [-0.2, -0.15) is 0 Å². The second kappa shape index (κ2) is 2.99. The molecule has 2 N–H and O–H groups in total. The molecule has 1 aromatic rings. The molecule has 0 saturated carbocycles. The lowest BCUT2D eigenvalue weighted by Gasteiger charge is -2.45. The van der Waals surface area contributed by atoms with Gasteiger partial charge in [-0.05, 0) is 48.4 Å². The molecule has 0 spiro atoms. The van der Waals surface area contributed by atoms with E-state index >= 15 is 0 Å². The van der Waals surface area contributed by atoms with Crippen molar-refractivity contribution in [2.45, 2.75) is 37.6 Å². The Morgan fingerprint density at radius 1 is 1.47 bits per heavy atom. The molecule has 2 atom stereocenters. The van der Waals surface area contributed by atoms with Crippen molar-refractivity contribution in [3.05, 3.63) is 29.3 Å². The minimum atomic E-state index is 0.280. The minimum absolute atomic E-state index is 0.280. The van der Waals surface area contributed by atoms with Gasteiger partial charge in [0.25, 0.3) is 0 Å². The van der Waals surface area contributed by atoms with Crippen LogP contribution in [-0.4, -0.2) is 17.7 Å². The van der Waals surface area contributed by atoms with Crippen molar-refractivity contribution >= 4 is 0 Å². The third-order valence-corrected chi connectivity index (χ3v) is 4.06. The fourth-order valence-electron chi connectivity index (χ4n) is 3.26. The Labute approximate surface area is 90.3 Å². The molecule has 0 radical (unpaired) electrons. The van der Waals surface area contributed by atoms with Gasteiger partial charge in [-0.3, -0.25) is 0 Å². The van der Waals surface area contributed by atoms with Crippen molar-refractivity contribution < 1.29 is 5.11 Å². The van der Waals surface area contributed by atoms with E-state index in [2.05, 4.69) is 18.3 Å². The summed E-state index contributed by atoms with van der Waals surface area (Å²) in [6.45, 7) is 3.44. The lowest BCUT2D eigenvalue weighted by atomic mass is 9.65. The van der Waals surface area contributed by atoms with Crippen LogP contribution in [0.3, 0.4) is 0 Å². The van der Waals surface area contributed by atoms with Crippen LogP contribution in [0.5, 0.6) is 5.75 Å². The smallest absolute Gasteiger partial charge is 0.119 e. The third kappa shape index (κ3) is 1.28. The SMILES string of the molecule is C[C@@]12CCN[C@@H](Cc3c(O)cccc31)C2. The Morgan fingerprint density at radius 2 is 2.33 bits per heavy atom. The first-order valence-corrected chi connectivity index (χ1v) is 5.74. The van der Waals surface area contributed by atoms with Gasteiger partial charge in [0.05, 0.1) is 0 Å². The highest BCUT2D eigenvalue weighted by Gasteiger charge is 2.39. The van der Waals surface area contributed by atoms with E-state index in [0.29, 0.717) is 11.8 Å². The predicted molar refractivity (Wildman–Crippen MR) is 60.2 cm³/mol. The fraction of sp³-hybridized carbons (Fsp3) is 0.538. The second-order valence-electron chi connectivity index (χ2n) is 5.17. The summed E-state index contributed by atoms with van der Waals surface area (Å²) in [7, 11) is 0. The molecule has 3 rings (SSSR count). The summed E-state index contributed by atoms with van der Waals surface area (Å²) in [5, 5.41) is 13.4. The Morgan fingerprint density at radius 3 is 3.20 bits per heavy atom. The van der Waals surface area contributed by atoms with Gasteiger partial charge < -0.3 is 10.4 Å². The maximum absolute atomic E-state index is 9.90. The first kappa shape index (κ1) is 9.22. The molecule has 2 heteroatoms. The molecule has 1 fully saturated rings. The average Bonchev–Trinajstić information content (AvgIpc) is 2.20. The molecular weight excluding hydrogens is 186 g/mol. The van der Waals surface area contributed by atoms with Crippen LogP contribution in [0.4, 0.5) is 0 Å². The number of phenols is 1. The Kier molecular flexibility index (Phi) is 1.84. The number of fused-ring (bicyclic) bond motifs is 4. The van der Waals surface area contributed by atoms with Crippen LogP contribution in [0.25, 0.3) is 0 Å². The highest BCUT2D eigenvalue weighted by molar-refractivity contribution is 5.46. The van der Waals surface area contributed by atoms with E-state index in [0.717, 1.165) is 13.0 Å². The first-order valence-electron chi connectivity index (χ1n) is 5.74. The molecule has 0 aromatic heterocycles. The van der Waals surface area contributed by atoms with Gasteiger partial charge in [0.1, 0.15) is 5.75 Å². The molecule has 1 aliphatic carbocycles. The zero-order valence-electron chi connectivity index (χ0n) is 9.09. The summed E-state index contributed by atoms with van der Waals surface area (Å²) in [6, 6.07) is 6.53. The van der Waals surface area contributed by atoms with Crippen molar-refractivity contribution in [3.63, 3.8) is 0 Å². The molecule has 1 heterocycles. The van der Waals surface area contributed by atoms with E-state index in [1.165, 1.54) is 24.0 Å². The van der Waals surface area contributed by atoms with Gasteiger partial charge in [0.2, 0.25) is 0 Å². The number of rotatable bonds is 0. The quantitative estimate of drug-likeness (QED) is 0.675. The molecule has 15 heavy (non-hydrogen) atoms. The normalized spacial score (nSPS) is 33.5. The standard InChI is InChI=1S/C13H17NO/c1-13-5-6-14-9(8-13)7-10-11(13)3-2-4-12(10)15/h2-4,9,14-15H,5-8H2,1H3/t9-,13-/m0/s1. The summed E-state index contributed by atoms with van der Waals surface area (Å²) in [5.41, 5.74) is 2.83. The number of hydrogen-bond acceptors (Lipinski definition) is 2. The zero-order chi connectivity index (χ0) is 10.5. The summed E-state index contributed by atoms with van der Waals surface area (Å²) in [4.78, 5) is 0. The monoisotopic (exact) mass is 203 g/mol. The van der Waals surface area contributed by atoms with E-state index in [9.17, 15) is 5.11 Å². The van der Waals surface area contributed by atoms with Gasteiger partial charge in [-0.25, -0.2) is 0 Å². The van der Waals surface area contributed by atoms with Gasteiger partial charge in [0, 0.05) is 6.04 Å². The summed E-state index contributed by atoms with van der Waals surface area (Å²) in [5.74, 6) is 0.479. The van der Waals surface area contributed by atoms with Crippen molar-refractivity contribution in [2.24, 2.45) is 0 Å². The highest BCUT2D eigenvalue weighted by atomic mass is 16.3. The Balaban J connectivity index is 2.17. The number of phenolic OH excluding ortho intramolecular Hbond substituents is 1. The lowest BCUT2D eigenvalue weighted by Crippen LogP contribution is -2.49. The maximum atomic E-state index is 9.90. The minimum Gasteiger partial charge on any atom is -0.508 e. The van der Waals surface area contributed by atoms with Crippen molar-refractivity contribution in [2.75, 3.05) is 6.54 Å². The van der Waals surface area contributed by atoms with Gasteiger partial charge in [-0.1, -0.05) is 19.1 Å². The van der Waals surface area contributed by atoms with Crippen LogP contribution in [0.15, 0.2) is 18.2 Å². The van der Waals surface area contributed by atoms with Gasteiger partial charge in [0.15, 0.2) is 0 Å². The molecule has 1 aromatic carbocycles. The summed E-state index contributed by atoms with van der Waals surface area (Å²) in [6.07, 6.45) is 3.38. The average molecular weight is 203 g/mol. The lowest BCUT2D eigenvalue weighted by molar-refractivity contribution is 0.246. The van der Waals surface area contributed by atoms with Crippen molar-refractivity contribution in [1.29, 1.82) is 0 Å². The number of nitrogens with one attached hydrogen (secondary N) is 1. The van der Waals surface area contributed by atoms with Crippen molar-refractivity contribution in [1.82, 2.24) is 5.32 Å². The van der Waals surface area contributed by atoms with Gasteiger partial charge >= 0.3 is 0 Å². The number of aromatic hydroxyl groups is 1. The predicted octanol–water partition coefficient (Wildman–Crippen LogP) is 1.96. The molecule has 1 saturated heterocycles. The number of hydrogen-bond donors (Lipinski definition) is 2. The molecule has 2 nitrogen and oxygen atoms in total. The third-order valence-electron chi connectivity index (χ3n) is 4.06. The maximum Gasteiger partial charge on any atom is 0.119 e. The molecule has 2 aliphatic rings. The van der Waals surface area contributed by atoms with E-state index in [1.54, 1.807) is 0 Å². The van der Waals surface area contributed by atoms with Crippen LogP contribution in [-0.2, 0) is 11.8 Å². The number of piperidine rings is 1. The topological polar surface area (TPSA) is 32.3 Å².